The Bertz CT molecular complexity index is 3880. The van der Waals surface area contributed by atoms with Gasteiger partial charge in [0.2, 0.25) is 23.5 Å². The molecule has 686 valence electrons. The first-order valence-electron chi connectivity index (χ1n) is 44.9. The van der Waals surface area contributed by atoms with Crippen molar-refractivity contribution >= 4 is 71.5 Å². The molecule has 4 heterocycles. The molecule has 0 aromatic heterocycles. The van der Waals surface area contributed by atoms with Gasteiger partial charge in [-0.1, -0.05) is 128 Å². The summed E-state index contributed by atoms with van der Waals surface area (Å²) in [5.41, 5.74) is 2.67. The van der Waals surface area contributed by atoms with Crippen molar-refractivity contribution in [3.05, 3.63) is 0 Å². The third-order valence-corrected chi connectivity index (χ3v) is 29.4. The van der Waals surface area contributed by atoms with Crippen LogP contribution in [0.5, 0.6) is 0 Å². The number of hydrogen-bond acceptors (Lipinski definition) is 19. The molecule has 121 heavy (non-hydrogen) atoms. The van der Waals surface area contributed by atoms with Gasteiger partial charge in [-0.3, -0.25) is 28.8 Å². The number of Topliss-reactive ketones (excluding diaryl/α,β-unsaturated/α-hetero) is 2. The molecule has 0 radical (unpaired) electrons. The molecular formula is C92H153N9O20. The van der Waals surface area contributed by atoms with Crippen molar-refractivity contribution in [3.63, 3.8) is 0 Å². The average molecular weight is 1710 g/mol. The van der Waals surface area contributed by atoms with Crippen LogP contribution >= 0.6 is 0 Å². The number of amides is 8. The first kappa shape index (κ1) is 97.9. The number of nitrogens with one attached hydrogen (secondary N) is 5. The molecule has 11 N–H and O–H groups in total. The Morgan fingerprint density at radius 1 is 0.405 bits per heavy atom. The maximum absolute atomic E-state index is 14.2. The van der Waals surface area contributed by atoms with E-state index in [2.05, 4.69) is 26.6 Å². The molecule has 13 rings (SSSR count). The van der Waals surface area contributed by atoms with E-state index in [9.17, 15) is 67.7 Å². The maximum Gasteiger partial charge on any atom is 0.408 e. The number of aliphatic carboxylic acids is 2. The predicted molar refractivity (Wildman–Crippen MR) is 455 cm³/mol. The van der Waals surface area contributed by atoms with E-state index >= 15 is 0 Å². The molecule has 2 unspecified atom stereocenters. The van der Waals surface area contributed by atoms with Crippen LogP contribution in [-0.4, -0.2) is 217 Å². The molecule has 29 nitrogen and oxygen atoms in total. The average Bonchev–Trinajstić information content (AvgIpc) is 1.52. The molecule has 0 aromatic carbocycles. The van der Waals surface area contributed by atoms with E-state index in [1.54, 1.807) is 109 Å². The standard InChI is InChI=1S/C29H45N3O6.C21H34N2O5.C21H36N2O4.C11H21NO4.C10H17NO/c1-26(2,3)22(31-25(37)38-27(4,5)6)24(36)32-16-29(15-28(29)11-8-12-28)14-19(32)20(33)18(21(34)23(30)35)13-17-9-7-10-17;1-18(2,3)14(22-17(27)28-19(4,5)6)15(24)23-12-21(10-13(23)16(25)26)11-20(21)8-7-9-20;1-18(2,3)15(22-17(26)27-19(4,5)6)16(25)23-13-21(10-14(23)11-24)12-20(21)8-7-9-20;1-10(2,3)7(8(13)14)12-9(15)16-11(4,5)6;12-5-8-4-10(7-11-8)6-9(10)2-1-3-9/h17-19,22H,7-16H2,1-6H3,(H2,30,35)(H,31,37);13-14H,7-12H2,1-6H3,(H,22,27)(H,25,26);14-15,24H,7-13H2,1-6H3,(H,22,26);7H,1-6H3,(H,12,15)(H,13,14);8,11-12H,1-7H2/t18?,19-,22+,29-;13-,14+,21-;14-,15+,21-;7-;8?,10-/m00010/s1. The molecule has 0 aromatic rings. The van der Waals surface area contributed by atoms with Crippen LogP contribution in [0, 0.1) is 76.8 Å². The number of alkyl carbamates (subject to hydrolysis) is 4. The zero-order valence-corrected chi connectivity index (χ0v) is 77.7. The zero-order valence-electron chi connectivity index (χ0n) is 77.7. The van der Waals surface area contributed by atoms with Crippen LogP contribution < -0.4 is 32.3 Å². The Balaban J connectivity index is 0.000000180. The topological polar surface area (TPSA) is 419 Å². The highest BCUT2D eigenvalue weighted by Gasteiger charge is 2.76. The van der Waals surface area contributed by atoms with Crippen molar-refractivity contribution in [1.29, 1.82) is 0 Å². The number of ketones is 2. The molecule has 8 amide bonds. The Hall–Kier alpha value is -6.88. The Labute approximate surface area is 719 Å². The Kier molecular flexibility index (Phi) is 27.9. The molecule has 13 fully saturated rings. The quantitative estimate of drug-likeness (QED) is 0.0367. The summed E-state index contributed by atoms with van der Waals surface area (Å²) >= 11 is 0. The summed E-state index contributed by atoms with van der Waals surface area (Å²) in [6.07, 6.45) is 23.2. The lowest BCUT2D eigenvalue weighted by molar-refractivity contribution is -0.150. The van der Waals surface area contributed by atoms with Gasteiger partial charge in [0.15, 0.2) is 5.78 Å². The number of rotatable bonds is 17. The number of likely N-dealkylation sites (tertiary alicyclic amines) is 3. The lowest BCUT2D eigenvalue weighted by atomic mass is 9.73. The van der Waals surface area contributed by atoms with E-state index < -0.39 is 134 Å². The fourth-order valence-corrected chi connectivity index (χ4v) is 21.8. The van der Waals surface area contributed by atoms with E-state index in [1.165, 1.54) is 75.7 Å². The summed E-state index contributed by atoms with van der Waals surface area (Å²) < 4.78 is 21.1. The van der Waals surface area contributed by atoms with Crippen molar-refractivity contribution < 1.29 is 96.9 Å². The van der Waals surface area contributed by atoms with Crippen molar-refractivity contribution in [3.8, 4) is 0 Å². The van der Waals surface area contributed by atoms with Crippen LogP contribution in [-0.2, 0) is 57.3 Å². The largest absolute Gasteiger partial charge is 0.480 e. The van der Waals surface area contributed by atoms with Crippen molar-refractivity contribution in [2.24, 2.45) is 82.5 Å². The van der Waals surface area contributed by atoms with Crippen LogP contribution in [0.2, 0.25) is 0 Å². The lowest BCUT2D eigenvalue weighted by Gasteiger charge is -2.37. The van der Waals surface area contributed by atoms with Crippen molar-refractivity contribution in [2.75, 3.05) is 39.4 Å². The third-order valence-electron chi connectivity index (χ3n) is 29.4. The van der Waals surface area contributed by atoms with Gasteiger partial charge < -0.3 is 86.4 Å². The predicted octanol–water partition coefficient (Wildman–Crippen LogP) is 12.7. The summed E-state index contributed by atoms with van der Waals surface area (Å²) in [6.45, 7) is 46.4. The number of carbonyl (C=O) groups excluding carboxylic acids is 10. The summed E-state index contributed by atoms with van der Waals surface area (Å²) in [6, 6.07) is -4.83. The number of aliphatic hydroxyl groups excluding tert-OH is 2. The minimum atomic E-state index is -1.13. The zero-order chi connectivity index (χ0) is 91.0. The monoisotopic (exact) mass is 1700 g/mol. The van der Waals surface area contributed by atoms with Gasteiger partial charge in [-0.2, -0.15) is 0 Å². The van der Waals surface area contributed by atoms with Crippen LogP contribution in [0.3, 0.4) is 0 Å². The molecule has 9 aliphatic carbocycles. The number of aliphatic hydroxyl groups is 2. The van der Waals surface area contributed by atoms with Gasteiger partial charge in [0.05, 0.1) is 31.2 Å². The van der Waals surface area contributed by atoms with Gasteiger partial charge >= 0.3 is 36.3 Å². The molecule has 4 saturated heterocycles. The second-order valence-electron chi connectivity index (χ2n) is 47.4. The first-order valence-corrected chi connectivity index (χ1v) is 44.9. The smallest absolute Gasteiger partial charge is 0.408 e. The van der Waals surface area contributed by atoms with Gasteiger partial charge in [0.25, 0.3) is 5.91 Å². The highest BCUT2D eigenvalue weighted by molar-refractivity contribution is 6.40. The lowest BCUT2D eigenvalue weighted by Crippen LogP contribution is -2.58. The molecule has 13 atom stereocenters. The molecule has 29 heteroatoms. The molecule has 8 spiro atoms. The fraction of sp³-hybridized carbons (Fsp3) is 0.870. The number of ether oxygens (including phenoxy) is 4. The van der Waals surface area contributed by atoms with Crippen LogP contribution in [0.25, 0.3) is 0 Å². The number of hydrogen-bond donors (Lipinski definition) is 10. The summed E-state index contributed by atoms with van der Waals surface area (Å²) in [5, 5.41) is 51.7. The maximum atomic E-state index is 14.2. The summed E-state index contributed by atoms with van der Waals surface area (Å²) in [4.78, 5) is 157. The Morgan fingerprint density at radius 3 is 0.983 bits per heavy atom. The van der Waals surface area contributed by atoms with Crippen molar-refractivity contribution in [2.45, 2.75) is 391 Å². The van der Waals surface area contributed by atoms with Gasteiger partial charge in [-0.25, -0.2) is 28.8 Å². The van der Waals surface area contributed by atoms with E-state index in [1.807, 2.05) is 67.2 Å². The summed E-state index contributed by atoms with van der Waals surface area (Å²) in [7, 11) is 0. The molecule has 13 aliphatic rings. The van der Waals surface area contributed by atoms with Gasteiger partial charge in [0, 0.05) is 32.2 Å². The highest BCUT2D eigenvalue weighted by Crippen LogP contribution is 2.80. The van der Waals surface area contributed by atoms with E-state index in [0.29, 0.717) is 62.4 Å². The number of nitrogens with two attached hydrogens (primary N) is 1. The number of carboxylic acid groups (broad SMARTS) is 2. The molecule has 0 bridgehead atoms. The first-order chi connectivity index (χ1) is 55.2. The number of nitrogens with zero attached hydrogens (tertiary/aromatic N) is 3. The van der Waals surface area contributed by atoms with Gasteiger partial charge in [0.1, 0.15) is 52.6 Å². The van der Waals surface area contributed by atoms with Gasteiger partial charge in [-0.15, -0.1) is 0 Å². The van der Waals surface area contributed by atoms with E-state index in [4.69, 9.17) is 34.9 Å². The van der Waals surface area contributed by atoms with E-state index in [-0.39, 0.29) is 69.1 Å². The number of primary amides is 1. The number of carbonyl (C=O) groups is 12. The third kappa shape index (κ3) is 22.0. The van der Waals surface area contributed by atoms with Crippen molar-refractivity contribution in [1.82, 2.24) is 41.3 Å². The fourth-order valence-electron chi connectivity index (χ4n) is 21.8. The minimum Gasteiger partial charge on any atom is -0.480 e. The van der Waals surface area contributed by atoms with Gasteiger partial charge in [-0.05, 0) is 263 Å². The second kappa shape index (κ2) is 34.5. The molecule has 4 aliphatic heterocycles. The highest BCUT2D eigenvalue weighted by atomic mass is 16.6. The van der Waals surface area contributed by atoms with Crippen LogP contribution in [0.4, 0.5) is 19.2 Å². The van der Waals surface area contributed by atoms with Crippen LogP contribution in [0.1, 0.15) is 320 Å². The van der Waals surface area contributed by atoms with E-state index in [0.717, 1.165) is 76.0 Å². The second-order valence-corrected chi connectivity index (χ2v) is 47.4. The summed E-state index contributed by atoms with van der Waals surface area (Å²) in [5.74, 6) is -6.08. The Morgan fingerprint density at radius 2 is 0.719 bits per heavy atom. The number of fused-ring (bicyclic) bond motifs is 4. The SMILES string of the molecule is CC(C)(C)OC(=O)N[C@H](C(=O)N1C[C@]2(C[C@H]1C(=O)C(CC1CCC1)C(=O)C(N)=O)CC21CCC1)C(C)(C)C.CC(C)(C)OC(=O)N[C@H](C(=O)N1C[C@]2(C[C@H]1C(=O)O)CC21CCC1)C(C)(C)C.CC(C)(C)OC(=O)N[C@H](C(=O)N1C[C@]2(C[C@H]1CO)CC21CCC1)C(C)(C)C.CC(C)(C)OC(=O)N[C@H](C(=O)O)C(C)(C)C.OCC1C[C@@]2(CN1)CC21CCC1. The van der Waals surface area contributed by atoms with Crippen LogP contribution in [0.15, 0.2) is 0 Å². The minimum absolute atomic E-state index is 0.0210. The number of carboxylic acids is 2. The molecule has 9 saturated carbocycles. The molecular weight excluding hydrogens is 1550 g/mol. The normalized spacial score (nSPS) is 28.9.